The third-order valence-corrected chi connectivity index (χ3v) is 0. The molecule has 0 heterocycles. The van der Waals surface area contributed by atoms with Crippen molar-refractivity contribution in [2.45, 2.75) is 0 Å². The number of hydrogen-bond acceptors (Lipinski definition) is 2. The second kappa shape index (κ2) is 36.2. The van der Waals surface area contributed by atoms with Crippen LogP contribution >= 0.6 is 12.4 Å². The Morgan fingerprint density at radius 2 is 1.57 bits per heavy atom. The van der Waals surface area contributed by atoms with Gasteiger partial charge in [0.25, 0.3) is 0 Å². The van der Waals surface area contributed by atoms with Crippen LogP contribution in [0, 0.1) is 6.92 Å². The van der Waals surface area contributed by atoms with E-state index in [1.165, 1.54) is 6.08 Å². The summed E-state index contributed by atoms with van der Waals surface area (Å²) in [7, 11) is 0. The van der Waals surface area contributed by atoms with Gasteiger partial charge < -0.3 is 0 Å². The monoisotopic (exact) mass is 160 g/mol. The summed E-state index contributed by atoms with van der Waals surface area (Å²) in [5.41, 5.74) is 0. The molecule has 4 heteroatoms. The van der Waals surface area contributed by atoms with Crippen molar-refractivity contribution in [2.75, 3.05) is 0 Å². The molecule has 0 N–H and O–H groups in total. The molecule has 0 rings (SSSR count). The van der Waals surface area contributed by atoms with Crippen molar-refractivity contribution >= 4 is 12.4 Å². The Morgan fingerprint density at radius 1 is 1.57 bits per heavy atom. The zero-order chi connectivity index (χ0) is 5.41. The second-order valence-corrected chi connectivity index (χ2v) is 0.596. The molecule has 0 aliphatic carbocycles. The van der Waals surface area contributed by atoms with Crippen molar-refractivity contribution in [3.05, 3.63) is 19.6 Å². The van der Waals surface area contributed by atoms with E-state index in [0.717, 1.165) is 0 Å². The Morgan fingerprint density at radius 3 is 1.57 bits per heavy atom. The maximum atomic E-state index is 8.47. The SMILES string of the molecule is C=C[CH2-].Cl.[O]=[V]=[O]. The fraction of sp³-hybridized carbons (Fsp3) is 0. The fourth-order valence-corrected chi connectivity index (χ4v) is 0. The second-order valence-electron chi connectivity index (χ2n) is 0.363. The molecule has 0 unspecified atom stereocenters. The maximum absolute atomic E-state index is 8.47. The molecule has 7 heavy (non-hydrogen) atoms. The summed E-state index contributed by atoms with van der Waals surface area (Å²) in [5, 5.41) is 0. The summed E-state index contributed by atoms with van der Waals surface area (Å²) >= 11 is -1.81. The summed E-state index contributed by atoms with van der Waals surface area (Å²) in [6.45, 7) is 6.50. The van der Waals surface area contributed by atoms with E-state index in [1.54, 1.807) is 0 Å². The molecule has 0 aliphatic rings. The van der Waals surface area contributed by atoms with Crippen LogP contribution in [0.2, 0.25) is 0 Å². The fourth-order valence-electron chi connectivity index (χ4n) is 0. The Balaban J connectivity index is -0.0000000400. The molecule has 0 saturated heterocycles. The van der Waals surface area contributed by atoms with E-state index in [0.29, 0.717) is 0 Å². The van der Waals surface area contributed by atoms with Crippen LogP contribution in [-0.2, 0) is 23.5 Å². The first-order chi connectivity index (χ1) is 2.83. The van der Waals surface area contributed by atoms with E-state index in [9.17, 15) is 0 Å². The summed E-state index contributed by atoms with van der Waals surface area (Å²) in [4.78, 5) is 0. The van der Waals surface area contributed by atoms with Crippen LogP contribution in [0.15, 0.2) is 12.7 Å². The van der Waals surface area contributed by atoms with Gasteiger partial charge in [0.2, 0.25) is 0 Å². The molecule has 0 aliphatic heterocycles. The molecular formula is C3H6ClO2V-. The third kappa shape index (κ3) is 14200. The number of rotatable bonds is 0. The van der Waals surface area contributed by atoms with Gasteiger partial charge in [0.05, 0.1) is 0 Å². The minimum absolute atomic E-state index is 0. The van der Waals surface area contributed by atoms with Gasteiger partial charge in [-0.25, -0.2) is 19.6 Å². The van der Waals surface area contributed by atoms with Crippen molar-refractivity contribution in [2.24, 2.45) is 0 Å². The molecule has 0 amide bonds. The van der Waals surface area contributed by atoms with Gasteiger partial charge in [-0.1, -0.05) is 0 Å². The van der Waals surface area contributed by atoms with Crippen molar-refractivity contribution < 1.29 is 23.5 Å². The minimum atomic E-state index is -1.81. The molecule has 43 valence electrons. The first-order valence-corrected chi connectivity index (χ1v) is 2.32. The number of allylic oxidation sites excluding steroid dienone is 1. The van der Waals surface area contributed by atoms with Gasteiger partial charge >= 0.3 is 23.5 Å². The van der Waals surface area contributed by atoms with Crippen LogP contribution in [0.25, 0.3) is 0 Å². The van der Waals surface area contributed by atoms with Crippen molar-refractivity contribution in [3.8, 4) is 0 Å². The van der Waals surface area contributed by atoms with Gasteiger partial charge in [0.15, 0.2) is 0 Å². The molecule has 2 nitrogen and oxygen atoms in total. The molecule has 0 radical (unpaired) electrons. The van der Waals surface area contributed by atoms with Crippen LogP contribution in [-0.4, -0.2) is 0 Å². The number of halogens is 1. The normalized spacial score (nSPS) is 2.86. The molecule has 0 bridgehead atoms. The van der Waals surface area contributed by atoms with Gasteiger partial charge in [0, 0.05) is 0 Å². The summed E-state index contributed by atoms with van der Waals surface area (Å²) < 4.78 is 16.9. The summed E-state index contributed by atoms with van der Waals surface area (Å²) in [6.07, 6.45) is 1.50. The van der Waals surface area contributed by atoms with Crippen LogP contribution in [0.5, 0.6) is 0 Å². The van der Waals surface area contributed by atoms with E-state index >= 15 is 0 Å². The molecular weight excluding hydrogens is 154 g/mol. The molecule has 0 saturated carbocycles. The van der Waals surface area contributed by atoms with Crippen LogP contribution in [0.1, 0.15) is 0 Å². The quantitative estimate of drug-likeness (QED) is 0.499. The first kappa shape index (κ1) is 15.7. The van der Waals surface area contributed by atoms with E-state index in [-0.39, 0.29) is 12.4 Å². The molecule has 0 aromatic heterocycles. The van der Waals surface area contributed by atoms with Crippen molar-refractivity contribution in [1.29, 1.82) is 0 Å². The first-order valence-electron chi connectivity index (χ1n) is 1.18. The molecule has 0 atom stereocenters. The van der Waals surface area contributed by atoms with Crippen LogP contribution in [0.4, 0.5) is 0 Å². The van der Waals surface area contributed by atoms with Crippen molar-refractivity contribution in [3.63, 3.8) is 0 Å². The molecule has 0 spiro atoms. The van der Waals surface area contributed by atoms with E-state index in [2.05, 4.69) is 13.5 Å². The summed E-state index contributed by atoms with van der Waals surface area (Å²) in [5.74, 6) is 0. The predicted molar refractivity (Wildman–Crippen MR) is 24.2 cm³/mol. The Labute approximate surface area is 55.9 Å². The van der Waals surface area contributed by atoms with Gasteiger partial charge in [0.1, 0.15) is 0 Å². The summed E-state index contributed by atoms with van der Waals surface area (Å²) in [6, 6.07) is 0. The van der Waals surface area contributed by atoms with E-state index < -0.39 is 16.2 Å². The van der Waals surface area contributed by atoms with Gasteiger partial charge in [-0.2, -0.15) is 0 Å². The Bertz CT molecular complexity index is 58.0. The topological polar surface area (TPSA) is 34.1 Å². The number of hydrogen-bond donors (Lipinski definition) is 0. The predicted octanol–water partition coefficient (Wildman–Crippen LogP) is 1.19. The molecule has 0 aromatic rings. The Hall–Kier alpha value is 0.0844. The van der Waals surface area contributed by atoms with Crippen LogP contribution in [0.3, 0.4) is 0 Å². The van der Waals surface area contributed by atoms with E-state index in [1.807, 2.05) is 0 Å². The van der Waals surface area contributed by atoms with Gasteiger partial charge in [-0.3, -0.25) is 0 Å². The van der Waals surface area contributed by atoms with Crippen molar-refractivity contribution in [1.82, 2.24) is 0 Å². The molecule has 0 aromatic carbocycles. The third-order valence-electron chi connectivity index (χ3n) is 0. The van der Waals surface area contributed by atoms with Crippen LogP contribution < -0.4 is 0 Å². The average molecular weight is 160 g/mol. The standard InChI is InChI=1S/C3H5.ClH.2O.V/c1-3-2;;;;/h3H,1-2H2;1H;;;/q-1;;;;. The average Bonchev–Trinajstić information content (AvgIpc) is 1.39. The van der Waals surface area contributed by atoms with Gasteiger partial charge in [-0.05, 0) is 0 Å². The molecule has 0 fully saturated rings. The van der Waals surface area contributed by atoms with E-state index in [4.69, 9.17) is 7.35 Å². The zero-order valence-corrected chi connectivity index (χ0v) is 5.88. The Kier molecular flexibility index (Phi) is 81.3. The van der Waals surface area contributed by atoms with Gasteiger partial charge in [-0.15, -0.1) is 12.4 Å². The zero-order valence-electron chi connectivity index (χ0n) is 3.66.